The molecule has 4 rings (SSSR count). The Morgan fingerprint density at radius 1 is 1.03 bits per heavy atom. The average Bonchev–Trinajstić information content (AvgIpc) is 3.38. The van der Waals surface area contributed by atoms with E-state index in [0.29, 0.717) is 58.3 Å². The Balaban J connectivity index is 1.28. The van der Waals surface area contributed by atoms with Gasteiger partial charge in [0.2, 0.25) is 15.9 Å². The van der Waals surface area contributed by atoms with Crippen molar-refractivity contribution in [3.8, 4) is 0 Å². The van der Waals surface area contributed by atoms with Gasteiger partial charge in [-0.3, -0.25) is 9.59 Å². The molecule has 0 unspecified atom stereocenters. The van der Waals surface area contributed by atoms with Gasteiger partial charge in [-0.1, -0.05) is 0 Å². The first-order chi connectivity index (χ1) is 15.4. The van der Waals surface area contributed by atoms with Crippen LogP contribution in [-0.4, -0.2) is 93.4 Å². The number of carbonyl (C=O) groups is 2. The number of pyridine rings is 1. The fourth-order valence-electron chi connectivity index (χ4n) is 3.60. The fraction of sp³-hybridized carbons (Fsp3) is 0.450. The first-order valence-corrected chi connectivity index (χ1v) is 11.8. The summed E-state index contributed by atoms with van der Waals surface area (Å²) in [5.74, 6) is 0.208. The normalized spacial score (nSPS) is 17.9. The lowest BCUT2D eigenvalue weighted by Gasteiger charge is -2.35. The van der Waals surface area contributed by atoms with Crippen LogP contribution in [0.15, 0.2) is 46.0 Å². The lowest BCUT2D eigenvalue weighted by atomic mass is 10.3. The number of amides is 2. The highest BCUT2D eigenvalue weighted by Gasteiger charge is 2.27. The molecule has 0 radical (unpaired) electrons. The summed E-state index contributed by atoms with van der Waals surface area (Å²) in [6.07, 6.45) is 2.77. The molecule has 0 aromatic carbocycles. The molecule has 2 aliphatic rings. The summed E-state index contributed by atoms with van der Waals surface area (Å²) in [5.41, 5.74) is 0. The maximum absolute atomic E-state index is 12.7. The van der Waals surface area contributed by atoms with E-state index in [2.05, 4.69) is 10.3 Å². The minimum atomic E-state index is -3.58. The number of hydrogen-bond acceptors (Lipinski definition) is 8. The topological polar surface area (TPSA) is 125 Å². The number of morpholine rings is 1. The zero-order chi connectivity index (χ0) is 22.6. The molecule has 2 fully saturated rings. The van der Waals surface area contributed by atoms with Gasteiger partial charge < -0.3 is 24.3 Å². The number of rotatable bonds is 6. The molecular weight excluding hydrogens is 438 g/mol. The van der Waals surface area contributed by atoms with E-state index in [1.54, 1.807) is 23.1 Å². The summed E-state index contributed by atoms with van der Waals surface area (Å²) >= 11 is 0. The van der Waals surface area contributed by atoms with Crippen molar-refractivity contribution in [2.24, 2.45) is 0 Å². The summed E-state index contributed by atoms with van der Waals surface area (Å²) in [5, 5.41) is 2.55. The lowest BCUT2D eigenvalue weighted by molar-refractivity contribution is -0.130. The van der Waals surface area contributed by atoms with Gasteiger partial charge in [0.25, 0.3) is 5.91 Å². The summed E-state index contributed by atoms with van der Waals surface area (Å²) in [4.78, 5) is 32.4. The van der Waals surface area contributed by atoms with Gasteiger partial charge >= 0.3 is 0 Å². The van der Waals surface area contributed by atoms with E-state index in [1.165, 1.54) is 22.8 Å². The Kier molecular flexibility index (Phi) is 6.72. The molecule has 1 N–H and O–H groups in total. The fourth-order valence-corrected chi connectivity index (χ4v) is 4.95. The van der Waals surface area contributed by atoms with Crippen LogP contribution in [-0.2, 0) is 19.6 Å². The van der Waals surface area contributed by atoms with Gasteiger partial charge in [0.15, 0.2) is 5.76 Å². The van der Waals surface area contributed by atoms with E-state index >= 15 is 0 Å². The number of aromatic nitrogens is 1. The first kappa shape index (κ1) is 22.2. The van der Waals surface area contributed by atoms with Crippen LogP contribution in [0.2, 0.25) is 0 Å². The van der Waals surface area contributed by atoms with E-state index < -0.39 is 15.9 Å². The third kappa shape index (κ3) is 4.92. The van der Waals surface area contributed by atoms with E-state index in [-0.39, 0.29) is 23.1 Å². The smallest absolute Gasteiger partial charge is 0.287 e. The highest BCUT2D eigenvalue weighted by molar-refractivity contribution is 7.89. The van der Waals surface area contributed by atoms with Crippen LogP contribution in [0.4, 0.5) is 5.82 Å². The number of anilines is 1. The highest BCUT2D eigenvalue weighted by atomic mass is 32.2. The zero-order valence-electron chi connectivity index (χ0n) is 17.5. The number of piperazine rings is 1. The van der Waals surface area contributed by atoms with Crippen molar-refractivity contribution in [3.63, 3.8) is 0 Å². The van der Waals surface area contributed by atoms with E-state index in [0.717, 1.165) is 0 Å². The van der Waals surface area contributed by atoms with E-state index in [4.69, 9.17) is 9.15 Å². The van der Waals surface area contributed by atoms with Crippen LogP contribution in [0.5, 0.6) is 0 Å². The number of sulfonamides is 1. The molecule has 172 valence electrons. The van der Waals surface area contributed by atoms with Crippen molar-refractivity contribution >= 4 is 27.7 Å². The molecule has 2 aliphatic heterocycles. The Bertz CT molecular complexity index is 1030. The lowest BCUT2D eigenvalue weighted by Crippen LogP contribution is -2.51. The molecule has 2 aromatic rings. The first-order valence-electron chi connectivity index (χ1n) is 10.3. The van der Waals surface area contributed by atoms with Crippen molar-refractivity contribution in [1.29, 1.82) is 0 Å². The Morgan fingerprint density at radius 2 is 1.78 bits per heavy atom. The second kappa shape index (κ2) is 9.67. The Labute approximate surface area is 186 Å². The predicted octanol–water partition coefficient (Wildman–Crippen LogP) is -0.226. The van der Waals surface area contributed by atoms with Crippen molar-refractivity contribution < 1.29 is 27.2 Å². The molecular formula is C20H25N5O6S. The maximum Gasteiger partial charge on any atom is 0.287 e. The van der Waals surface area contributed by atoms with Crippen molar-refractivity contribution in [3.05, 3.63) is 42.5 Å². The molecule has 12 heteroatoms. The average molecular weight is 464 g/mol. The van der Waals surface area contributed by atoms with Crippen molar-refractivity contribution in [2.75, 3.05) is 63.9 Å². The number of furan rings is 1. The minimum Gasteiger partial charge on any atom is -0.459 e. The van der Waals surface area contributed by atoms with Crippen LogP contribution in [0, 0.1) is 0 Å². The molecule has 0 atom stereocenters. The summed E-state index contributed by atoms with van der Waals surface area (Å²) in [6.45, 7) is 3.41. The van der Waals surface area contributed by atoms with Crippen molar-refractivity contribution in [1.82, 2.24) is 19.5 Å². The third-order valence-electron chi connectivity index (χ3n) is 5.43. The predicted molar refractivity (Wildman–Crippen MR) is 114 cm³/mol. The minimum absolute atomic E-state index is 0.105. The standard InChI is InChI=1S/C20H25N5O6S/c26-19(15-22-20(27)17-2-1-11-31-17)24-7-5-23(6-8-24)18-4-3-16(14-21-18)32(28,29)25-9-12-30-13-10-25/h1-4,11,14H,5-10,12-13,15H2,(H,22,27). The maximum atomic E-state index is 12.7. The summed E-state index contributed by atoms with van der Waals surface area (Å²) in [6, 6.07) is 6.39. The second-order valence-corrected chi connectivity index (χ2v) is 9.33. The largest absolute Gasteiger partial charge is 0.459 e. The van der Waals surface area contributed by atoms with Gasteiger partial charge in [-0.25, -0.2) is 13.4 Å². The van der Waals surface area contributed by atoms with Crippen LogP contribution in [0.3, 0.4) is 0 Å². The van der Waals surface area contributed by atoms with Gasteiger partial charge in [0, 0.05) is 45.5 Å². The monoisotopic (exact) mass is 463 g/mol. The quantitative estimate of drug-likeness (QED) is 0.623. The number of nitrogens with zero attached hydrogens (tertiary/aromatic N) is 4. The number of ether oxygens (including phenoxy) is 1. The summed E-state index contributed by atoms with van der Waals surface area (Å²) in [7, 11) is -3.58. The molecule has 0 saturated carbocycles. The molecule has 4 heterocycles. The highest BCUT2D eigenvalue weighted by Crippen LogP contribution is 2.20. The van der Waals surface area contributed by atoms with Gasteiger partial charge in [0.1, 0.15) is 10.7 Å². The van der Waals surface area contributed by atoms with Crippen LogP contribution < -0.4 is 10.2 Å². The molecule has 2 amide bonds. The van der Waals surface area contributed by atoms with Gasteiger partial charge in [-0.15, -0.1) is 0 Å². The molecule has 0 spiro atoms. The molecule has 32 heavy (non-hydrogen) atoms. The van der Waals surface area contributed by atoms with Crippen molar-refractivity contribution in [2.45, 2.75) is 4.90 Å². The molecule has 0 aliphatic carbocycles. The van der Waals surface area contributed by atoms with Gasteiger partial charge in [0.05, 0.1) is 26.0 Å². The number of nitrogens with one attached hydrogen (secondary N) is 1. The molecule has 2 aromatic heterocycles. The Morgan fingerprint density at radius 3 is 2.41 bits per heavy atom. The van der Waals surface area contributed by atoms with Crippen LogP contribution in [0.25, 0.3) is 0 Å². The van der Waals surface area contributed by atoms with Crippen LogP contribution in [0.1, 0.15) is 10.6 Å². The molecule has 2 saturated heterocycles. The molecule has 0 bridgehead atoms. The third-order valence-corrected chi connectivity index (χ3v) is 7.31. The van der Waals surface area contributed by atoms with Gasteiger partial charge in [-0.05, 0) is 24.3 Å². The Hall–Kier alpha value is -2.96. The van der Waals surface area contributed by atoms with Gasteiger partial charge in [-0.2, -0.15) is 4.31 Å². The summed E-state index contributed by atoms with van der Waals surface area (Å²) < 4.78 is 37.1. The van der Waals surface area contributed by atoms with E-state index in [1.807, 2.05) is 4.90 Å². The van der Waals surface area contributed by atoms with E-state index in [9.17, 15) is 18.0 Å². The second-order valence-electron chi connectivity index (χ2n) is 7.40. The number of carbonyl (C=O) groups excluding carboxylic acids is 2. The molecule has 11 nitrogen and oxygen atoms in total. The van der Waals surface area contributed by atoms with Crippen LogP contribution >= 0.6 is 0 Å². The zero-order valence-corrected chi connectivity index (χ0v) is 18.3. The SMILES string of the molecule is O=C(NCC(=O)N1CCN(c2ccc(S(=O)(=O)N3CCOCC3)cn2)CC1)c1ccco1. The number of hydrogen-bond donors (Lipinski definition) is 1.